The van der Waals surface area contributed by atoms with Gasteiger partial charge in [-0.2, -0.15) is 0 Å². The smallest absolute Gasteiger partial charge is 0.0597 e. The second-order valence-electron chi connectivity index (χ2n) is 4.86. The van der Waals surface area contributed by atoms with E-state index in [1.165, 1.54) is 25.7 Å². The van der Waals surface area contributed by atoms with E-state index in [1.54, 1.807) is 0 Å². The van der Waals surface area contributed by atoms with Crippen LogP contribution in [0.4, 0.5) is 0 Å². The van der Waals surface area contributed by atoms with Crippen LogP contribution in [0.3, 0.4) is 0 Å². The van der Waals surface area contributed by atoms with Crippen molar-refractivity contribution < 1.29 is 5.11 Å². The average Bonchev–Trinajstić information content (AvgIpc) is 2.83. The normalized spacial score (nSPS) is 19.5. The molecule has 1 fully saturated rings. The summed E-state index contributed by atoms with van der Waals surface area (Å²) in [5.74, 6) is 0. The molecule has 1 atom stereocenters. The van der Waals surface area contributed by atoms with Crippen LogP contribution in [0.2, 0.25) is 0 Å². The van der Waals surface area contributed by atoms with Gasteiger partial charge < -0.3 is 10.4 Å². The first kappa shape index (κ1) is 13.9. The molecule has 1 unspecified atom stereocenters. The lowest BCUT2D eigenvalue weighted by Crippen LogP contribution is -2.46. The summed E-state index contributed by atoms with van der Waals surface area (Å²) in [4.78, 5) is 2.54. The highest BCUT2D eigenvalue weighted by Gasteiger charge is 2.23. The molecule has 0 bridgehead atoms. The number of aliphatic hydroxyl groups is 1. The van der Waals surface area contributed by atoms with Crippen molar-refractivity contribution in [3.63, 3.8) is 0 Å². The summed E-state index contributed by atoms with van der Waals surface area (Å²) < 4.78 is 0. The third-order valence-corrected chi connectivity index (χ3v) is 3.61. The van der Waals surface area contributed by atoms with Gasteiger partial charge in [0, 0.05) is 18.6 Å². The molecule has 0 amide bonds. The lowest BCUT2D eigenvalue weighted by Gasteiger charge is -2.31. The van der Waals surface area contributed by atoms with E-state index in [1.807, 2.05) is 0 Å². The van der Waals surface area contributed by atoms with Crippen LogP contribution in [0.1, 0.15) is 46.0 Å². The zero-order chi connectivity index (χ0) is 11.8. The van der Waals surface area contributed by atoms with Crippen molar-refractivity contribution in [1.29, 1.82) is 0 Å². The molecular weight excluding hydrogens is 200 g/mol. The van der Waals surface area contributed by atoms with Crippen LogP contribution >= 0.6 is 0 Å². The maximum atomic E-state index is 9.35. The molecule has 1 rings (SSSR count). The number of rotatable bonds is 8. The van der Waals surface area contributed by atoms with E-state index >= 15 is 0 Å². The maximum absolute atomic E-state index is 9.35. The number of hydrogen-bond acceptors (Lipinski definition) is 3. The Morgan fingerprint density at radius 1 is 1.31 bits per heavy atom. The van der Waals surface area contributed by atoms with Gasteiger partial charge in [0.2, 0.25) is 0 Å². The van der Waals surface area contributed by atoms with Gasteiger partial charge in [-0.05, 0) is 32.4 Å². The average molecular weight is 228 g/mol. The highest BCUT2D eigenvalue weighted by molar-refractivity contribution is 4.80. The van der Waals surface area contributed by atoms with Crippen molar-refractivity contribution in [1.82, 2.24) is 10.2 Å². The molecule has 0 aromatic heterocycles. The molecule has 3 heteroatoms. The summed E-state index contributed by atoms with van der Waals surface area (Å²) in [7, 11) is 0. The summed E-state index contributed by atoms with van der Waals surface area (Å²) in [5, 5.41) is 12.8. The van der Waals surface area contributed by atoms with E-state index < -0.39 is 0 Å². The van der Waals surface area contributed by atoms with Crippen molar-refractivity contribution >= 4 is 0 Å². The fourth-order valence-electron chi connectivity index (χ4n) is 2.62. The number of aliphatic hydroxyl groups excluding tert-OH is 1. The Bertz CT molecular complexity index is 169. The van der Waals surface area contributed by atoms with Crippen LogP contribution in [0, 0.1) is 0 Å². The zero-order valence-corrected chi connectivity index (χ0v) is 10.9. The van der Waals surface area contributed by atoms with Gasteiger partial charge >= 0.3 is 0 Å². The standard InChI is InChI=1S/C13H28N2O/c1-3-9-14-12(11-16)10-15(4-2)13-7-5-6-8-13/h12-14,16H,3-11H2,1-2H3. The predicted molar refractivity (Wildman–Crippen MR) is 68.7 cm³/mol. The Morgan fingerprint density at radius 3 is 2.50 bits per heavy atom. The largest absolute Gasteiger partial charge is 0.395 e. The fraction of sp³-hybridized carbons (Fsp3) is 1.00. The minimum atomic E-state index is 0.250. The van der Waals surface area contributed by atoms with Crippen LogP contribution < -0.4 is 5.32 Å². The number of likely N-dealkylation sites (N-methyl/N-ethyl adjacent to an activating group) is 1. The molecular formula is C13H28N2O. The summed E-state index contributed by atoms with van der Waals surface area (Å²) in [6.45, 7) is 7.76. The van der Waals surface area contributed by atoms with Crippen LogP contribution in [0.15, 0.2) is 0 Å². The van der Waals surface area contributed by atoms with Gasteiger partial charge in [-0.25, -0.2) is 0 Å². The fourth-order valence-corrected chi connectivity index (χ4v) is 2.62. The van der Waals surface area contributed by atoms with Crippen LogP contribution in [0.25, 0.3) is 0 Å². The topological polar surface area (TPSA) is 35.5 Å². The predicted octanol–water partition coefficient (Wildman–Crippen LogP) is 1.61. The summed E-state index contributed by atoms with van der Waals surface area (Å²) in [5.41, 5.74) is 0. The molecule has 0 radical (unpaired) electrons. The Hall–Kier alpha value is -0.120. The van der Waals surface area contributed by atoms with Crippen molar-refractivity contribution in [3.8, 4) is 0 Å². The van der Waals surface area contributed by atoms with Gasteiger partial charge in [0.25, 0.3) is 0 Å². The molecule has 1 aliphatic rings. The number of hydrogen-bond donors (Lipinski definition) is 2. The summed E-state index contributed by atoms with van der Waals surface area (Å²) in [6.07, 6.45) is 6.59. The van der Waals surface area contributed by atoms with E-state index in [0.29, 0.717) is 0 Å². The lowest BCUT2D eigenvalue weighted by atomic mass is 10.1. The molecule has 2 N–H and O–H groups in total. The van der Waals surface area contributed by atoms with E-state index in [9.17, 15) is 5.11 Å². The summed E-state index contributed by atoms with van der Waals surface area (Å²) in [6, 6.07) is 1.02. The van der Waals surface area contributed by atoms with E-state index in [2.05, 4.69) is 24.1 Å². The van der Waals surface area contributed by atoms with Crippen molar-refractivity contribution in [2.75, 3.05) is 26.2 Å². The molecule has 0 saturated heterocycles. The van der Waals surface area contributed by atoms with Crippen LogP contribution in [0.5, 0.6) is 0 Å². The third-order valence-electron chi connectivity index (χ3n) is 3.61. The first-order chi connectivity index (χ1) is 7.81. The molecule has 1 saturated carbocycles. The van der Waals surface area contributed by atoms with Crippen LogP contribution in [-0.4, -0.2) is 48.3 Å². The minimum Gasteiger partial charge on any atom is -0.395 e. The molecule has 0 aliphatic heterocycles. The second-order valence-corrected chi connectivity index (χ2v) is 4.86. The lowest BCUT2D eigenvalue weighted by molar-refractivity contribution is 0.151. The molecule has 0 aromatic rings. The first-order valence-electron chi connectivity index (χ1n) is 6.90. The SMILES string of the molecule is CCCNC(CO)CN(CC)C1CCCC1. The van der Waals surface area contributed by atoms with E-state index in [-0.39, 0.29) is 12.6 Å². The number of nitrogens with zero attached hydrogens (tertiary/aromatic N) is 1. The molecule has 16 heavy (non-hydrogen) atoms. The van der Waals surface area contributed by atoms with Crippen molar-refractivity contribution in [2.45, 2.75) is 58.0 Å². The Morgan fingerprint density at radius 2 is 2.00 bits per heavy atom. The highest BCUT2D eigenvalue weighted by Crippen LogP contribution is 2.23. The van der Waals surface area contributed by atoms with Crippen molar-refractivity contribution in [3.05, 3.63) is 0 Å². The monoisotopic (exact) mass is 228 g/mol. The molecule has 0 heterocycles. The quantitative estimate of drug-likeness (QED) is 0.662. The maximum Gasteiger partial charge on any atom is 0.0597 e. The van der Waals surface area contributed by atoms with Crippen molar-refractivity contribution in [2.24, 2.45) is 0 Å². The first-order valence-corrected chi connectivity index (χ1v) is 6.90. The van der Waals surface area contributed by atoms with Gasteiger partial charge in [0.15, 0.2) is 0 Å². The number of nitrogens with one attached hydrogen (secondary N) is 1. The molecule has 0 spiro atoms. The van der Waals surface area contributed by atoms with Gasteiger partial charge in [-0.3, -0.25) is 4.90 Å². The summed E-state index contributed by atoms with van der Waals surface area (Å²) >= 11 is 0. The second kappa shape index (κ2) is 8.04. The third kappa shape index (κ3) is 4.40. The van der Waals surface area contributed by atoms with Gasteiger partial charge in [-0.1, -0.05) is 26.7 Å². The van der Waals surface area contributed by atoms with Gasteiger partial charge in [0.05, 0.1) is 6.61 Å². The molecule has 3 nitrogen and oxygen atoms in total. The zero-order valence-electron chi connectivity index (χ0n) is 10.9. The van der Waals surface area contributed by atoms with E-state index in [0.717, 1.165) is 32.1 Å². The Labute approximate surface area is 100 Å². The van der Waals surface area contributed by atoms with E-state index in [4.69, 9.17) is 0 Å². The Kier molecular flexibility index (Phi) is 7.01. The van der Waals surface area contributed by atoms with Crippen LogP contribution in [-0.2, 0) is 0 Å². The highest BCUT2D eigenvalue weighted by atomic mass is 16.3. The minimum absolute atomic E-state index is 0.250. The van der Waals surface area contributed by atoms with Gasteiger partial charge in [-0.15, -0.1) is 0 Å². The van der Waals surface area contributed by atoms with Gasteiger partial charge in [0.1, 0.15) is 0 Å². The Balaban J connectivity index is 2.33. The molecule has 1 aliphatic carbocycles. The molecule has 0 aromatic carbocycles. The molecule has 96 valence electrons.